The van der Waals surface area contributed by atoms with E-state index in [9.17, 15) is 18.0 Å². The van der Waals surface area contributed by atoms with Gasteiger partial charge >= 0.3 is 0 Å². The molecule has 0 aliphatic rings. The van der Waals surface area contributed by atoms with E-state index in [-0.39, 0.29) is 6.04 Å². The fraction of sp³-hybridized carbons (Fsp3) is 0.235. The molecule has 0 heterocycles. The van der Waals surface area contributed by atoms with Crippen molar-refractivity contribution >= 4 is 23.2 Å². The summed E-state index contributed by atoms with van der Waals surface area (Å²) in [5.74, 6) is -4.93. The molecule has 2 aromatic rings. The third-order valence-electron chi connectivity index (χ3n) is 3.56. The Hall–Kier alpha value is -2.05. The van der Waals surface area contributed by atoms with Gasteiger partial charge in [-0.1, -0.05) is 23.7 Å². The Morgan fingerprint density at radius 1 is 1.00 bits per heavy atom. The summed E-state index contributed by atoms with van der Waals surface area (Å²) in [5.41, 5.74) is 0.504. The second-order valence-corrected chi connectivity index (χ2v) is 5.81. The maximum atomic E-state index is 13.6. The van der Waals surface area contributed by atoms with E-state index in [0.29, 0.717) is 5.02 Å². The van der Waals surface area contributed by atoms with Crippen molar-refractivity contribution in [2.75, 3.05) is 5.32 Å². The Morgan fingerprint density at radius 2 is 1.62 bits per heavy atom. The van der Waals surface area contributed by atoms with Gasteiger partial charge in [-0.05, 0) is 43.7 Å². The summed E-state index contributed by atoms with van der Waals surface area (Å²) in [7, 11) is 0. The van der Waals surface area contributed by atoms with Crippen LogP contribution in [0.15, 0.2) is 36.4 Å². The minimum atomic E-state index is -1.62. The van der Waals surface area contributed by atoms with Crippen LogP contribution in [0.3, 0.4) is 0 Å². The van der Waals surface area contributed by atoms with E-state index in [4.69, 9.17) is 11.6 Å². The molecular formula is C17H16ClF3N2O. The summed E-state index contributed by atoms with van der Waals surface area (Å²) >= 11 is 5.82. The topological polar surface area (TPSA) is 41.1 Å². The van der Waals surface area contributed by atoms with Crippen molar-refractivity contribution in [1.82, 2.24) is 5.32 Å². The van der Waals surface area contributed by atoms with Crippen LogP contribution < -0.4 is 10.6 Å². The molecule has 0 bridgehead atoms. The van der Waals surface area contributed by atoms with Crippen molar-refractivity contribution in [2.24, 2.45) is 0 Å². The SMILES string of the molecule is C[C@H](N[C@H](C)c1ccc(Cl)cc1)C(=O)Nc1ccc(F)c(F)c1F. The molecule has 0 fully saturated rings. The first-order valence-electron chi connectivity index (χ1n) is 7.25. The van der Waals surface area contributed by atoms with Crippen molar-refractivity contribution in [3.63, 3.8) is 0 Å². The van der Waals surface area contributed by atoms with Gasteiger partial charge in [0.2, 0.25) is 5.91 Å². The van der Waals surface area contributed by atoms with Gasteiger partial charge in [-0.2, -0.15) is 0 Å². The average molecular weight is 357 g/mol. The van der Waals surface area contributed by atoms with Crippen LogP contribution in [0.5, 0.6) is 0 Å². The Labute approximate surface area is 142 Å². The molecule has 1 amide bonds. The highest BCUT2D eigenvalue weighted by Crippen LogP contribution is 2.20. The van der Waals surface area contributed by atoms with E-state index in [1.54, 1.807) is 19.1 Å². The predicted molar refractivity (Wildman–Crippen MR) is 87.4 cm³/mol. The molecule has 2 rings (SSSR count). The van der Waals surface area contributed by atoms with E-state index in [0.717, 1.165) is 17.7 Å². The Bertz CT molecular complexity index is 737. The first-order chi connectivity index (χ1) is 11.3. The molecule has 24 heavy (non-hydrogen) atoms. The molecule has 3 nitrogen and oxygen atoms in total. The van der Waals surface area contributed by atoms with Gasteiger partial charge in [-0.25, -0.2) is 13.2 Å². The molecule has 0 radical (unpaired) electrons. The zero-order chi connectivity index (χ0) is 17.9. The number of hydrogen-bond donors (Lipinski definition) is 2. The van der Waals surface area contributed by atoms with Crippen LogP contribution in [0.1, 0.15) is 25.5 Å². The highest BCUT2D eigenvalue weighted by atomic mass is 35.5. The molecule has 7 heteroatoms. The lowest BCUT2D eigenvalue weighted by molar-refractivity contribution is -0.118. The zero-order valence-corrected chi connectivity index (χ0v) is 13.8. The van der Waals surface area contributed by atoms with Crippen LogP contribution >= 0.6 is 11.6 Å². The average Bonchev–Trinajstić information content (AvgIpc) is 2.55. The van der Waals surface area contributed by atoms with Gasteiger partial charge in [0.05, 0.1) is 11.7 Å². The Balaban J connectivity index is 2.02. The minimum absolute atomic E-state index is 0.169. The zero-order valence-electron chi connectivity index (χ0n) is 13.0. The van der Waals surface area contributed by atoms with Crippen LogP contribution in [0.4, 0.5) is 18.9 Å². The van der Waals surface area contributed by atoms with Crippen molar-refractivity contribution in [3.05, 3.63) is 64.4 Å². The number of carbonyl (C=O) groups excluding carboxylic acids is 1. The second-order valence-electron chi connectivity index (χ2n) is 5.37. The molecule has 0 spiro atoms. The molecule has 2 atom stereocenters. The van der Waals surface area contributed by atoms with Crippen LogP contribution in [-0.4, -0.2) is 11.9 Å². The van der Waals surface area contributed by atoms with Gasteiger partial charge in [0.15, 0.2) is 17.5 Å². The maximum Gasteiger partial charge on any atom is 0.241 e. The van der Waals surface area contributed by atoms with E-state index in [1.165, 1.54) is 0 Å². The van der Waals surface area contributed by atoms with Crippen molar-refractivity contribution in [3.8, 4) is 0 Å². The summed E-state index contributed by atoms with van der Waals surface area (Å²) in [5, 5.41) is 5.88. The lowest BCUT2D eigenvalue weighted by Crippen LogP contribution is -2.39. The number of hydrogen-bond acceptors (Lipinski definition) is 2. The number of halogens is 4. The summed E-state index contributed by atoms with van der Waals surface area (Å²) in [6, 6.07) is 7.97. The number of benzene rings is 2. The van der Waals surface area contributed by atoms with Gasteiger partial charge in [-0.3, -0.25) is 10.1 Å². The third kappa shape index (κ3) is 4.27. The monoisotopic (exact) mass is 356 g/mol. The lowest BCUT2D eigenvalue weighted by Gasteiger charge is -2.20. The number of anilines is 1. The minimum Gasteiger partial charge on any atom is -0.322 e. The number of rotatable bonds is 5. The summed E-state index contributed by atoms with van der Waals surface area (Å²) in [4.78, 5) is 12.1. The van der Waals surface area contributed by atoms with Gasteiger partial charge in [-0.15, -0.1) is 0 Å². The third-order valence-corrected chi connectivity index (χ3v) is 3.81. The van der Waals surface area contributed by atoms with Crippen molar-refractivity contribution in [1.29, 1.82) is 0 Å². The smallest absolute Gasteiger partial charge is 0.241 e. The summed E-state index contributed by atoms with van der Waals surface area (Å²) in [6.45, 7) is 3.44. The molecule has 0 unspecified atom stereocenters. The normalized spacial score (nSPS) is 13.4. The Morgan fingerprint density at radius 3 is 2.25 bits per heavy atom. The molecule has 0 saturated heterocycles. The van der Waals surface area contributed by atoms with Gasteiger partial charge in [0.1, 0.15) is 0 Å². The fourth-order valence-electron chi connectivity index (χ4n) is 2.16. The molecular weight excluding hydrogens is 341 g/mol. The predicted octanol–water partition coefficient (Wildman–Crippen LogP) is 4.44. The number of amides is 1. The highest BCUT2D eigenvalue weighted by Gasteiger charge is 2.20. The van der Waals surface area contributed by atoms with Crippen molar-refractivity contribution < 1.29 is 18.0 Å². The molecule has 2 aromatic carbocycles. The summed E-state index contributed by atoms with van der Waals surface area (Å²) < 4.78 is 39.7. The van der Waals surface area contributed by atoms with E-state index in [1.807, 2.05) is 19.1 Å². The van der Waals surface area contributed by atoms with Gasteiger partial charge in [0.25, 0.3) is 0 Å². The standard InChI is InChI=1S/C17H16ClF3N2O/c1-9(11-3-5-12(18)6-4-11)22-10(2)17(24)23-14-8-7-13(19)15(20)16(14)21/h3-10,22H,1-2H3,(H,23,24)/t9-,10+/m1/s1. The Kier molecular flexibility index (Phi) is 5.85. The molecule has 0 aliphatic heterocycles. The van der Waals surface area contributed by atoms with Crippen molar-refractivity contribution in [2.45, 2.75) is 25.9 Å². The molecule has 128 valence electrons. The molecule has 0 saturated carbocycles. The van der Waals surface area contributed by atoms with Crippen LogP contribution in [0.25, 0.3) is 0 Å². The van der Waals surface area contributed by atoms with E-state index >= 15 is 0 Å². The van der Waals surface area contributed by atoms with Crippen LogP contribution in [0, 0.1) is 17.5 Å². The van der Waals surface area contributed by atoms with Crippen LogP contribution in [-0.2, 0) is 4.79 Å². The molecule has 2 N–H and O–H groups in total. The van der Waals surface area contributed by atoms with Gasteiger partial charge < -0.3 is 5.32 Å². The first kappa shape index (κ1) is 18.3. The largest absolute Gasteiger partial charge is 0.322 e. The second kappa shape index (κ2) is 7.68. The molecule has 0 aliphatic carbocycles. The quantitative estimate of drug-likeness (QED) is 0.778. The van der Waals surface area contributed by atoms with E-state index in [2.05, 4.69) is 10.6 Å². The maximum absolute atomic E-state index is 13.6. The fourth-order valence-corrected chi connectivity index (χ4v) is 2.29. The van der Waals surface area contributed by atoms with Crippen LogP contribution in [0.2, 0.25) is 5.02 Å². The van der Waals surface area contributed by atoms with E-state index < -0.39 is 35.1 Å². The molecule has 0 aromatic heterocycles. The highest BCUT2D eigenvalue weighted by molar-refractivity contribution is 6.30. The lowest BCUT2D eigenvalue weighted by atomic mass is 10.1. The first-order valence-corrected chi connectivity index (χ1v) is 7.63. The summed E-state index contributed by atoms with van der Waals surface area (Å²) in [6.07, 6.45) is 0. The number of carbonyl (C=O) groups is 1. The van der Waals surface area contributed by atoms with Gasteiger partial charge in [0, 0.05) is 11.1 Å². The number of nitrogens with one attached hydrogen (secondary N) is 2.